The highest BCUT2D eigenvalue weighted by Crippen LogP contribution is 2.04. The van der Waals surface area contributed by atoms with Crippen LogP contribution in [0.2, 0.25) is 0 Å². The molecule has 0 aliphatic rings. The van der Waals surface area contributed by atoms with Crippen LogP contribution in [0, 0.1) is 0 Å². The number of pyridine rings is 1. The van der Waals surface area contributed by atoms with Crippen molar-refractivity contribution in [2.75, 3.05) is 18.9 Å². The van der Waals surface area contributed by atoms with Crippen molar-refractivity contribution in [1.29, 1.82) is 0 Å². The predicted molar refractivity (Wildman–Crippen MR) is 56.0 cm³/mol. The number of aromatic nitrogens is 1. The molecule has 1 rings (SSSR count). The molecule has 1 amide bonds. The van der Waals surface area contributed by atoms with E-state index in [4.69, 9.17) is 0 Å². The maximum Gasteiger partial charge on any atom is 0.224 e. The number of hydrogen-bond donors (Lipinski definition) is 2. The molecule has 0 atom stereocenters. The smallest absolute Gasteiger partial charge is 0.224 e. The monoisotopic (exact) mass is 193 g/mol. The molecule has 1 aromatic heterocycles. The van der Waals surface area contributed by atoms with Crippen LogP contribution in [0.25, 0.3) is 0 Å². The van der Waals surface area contributed by atoms with Crippen molar-refractivity contribution >= 4 is 11.6 Å². The van der Waals surface area contributed by atoms with Gasteiger partial charge in [-0.15, -0.1) is 0 Å². The third-order valence-corrected chi connectivity index (χ3v) is 1.79. The van der Waals surface area contributed by atoms with Crippen LogP contribution < -0.4 is 10.6 Å². The molecule has 1 aromatic rings. The number of nitrogens with zero attached hydrogens (tertiary/aromatic N) is 1. The zero-order valence-electron chi connectivity index (χ0n) is 8.29. The third-order valence-electron chi connectivity index (χ3n) is 1.79. The summed E-state index contributed by atoms with van der Waals surface area (Å²) in [5.41, 5.74) is 0.800. The molecule has 1 heterocycles. The van der Waals surface area contributed by atoms with Crippen molar-refractivity contribution in [3.05, 3.63) is 24.5 Å². The lowest BCUT2D eigenvalue weighted by atomic mass is 10.3. The van der Waals surface area contributed by atoms with Crippen LogP contribution in [0.1, 0.15) is 12.8 Å². The van der Waals surface area contributed by atoms with E-state index < -0.39 is 0 Å². The summed E-state index contributed by atoms with van der Waals surface area (Å²) in [5.74, 6) is 0.0476. The van der Waals surface area contributed by atoms with E-state index in [0.717, 1.165) is 18.7 Å². The van der Waals surface area contributed by atoms with Gasteiger partial charge in [-0.2, -0.15) is 0 Å². The second-order valence-electron chi connectivity index (χ2n) is 2.99. The molecule has 0 aliphatic carbocycles. The standard InChI is InChI=1S/C10H15N3O/c1-11-6-2-3-10(14)13-9-4-7-12-8-5-9/h4-5,7-8,11H,2-3,6H2,1H3,(H,12,13,14). The largest absolute Gasteiger partial charge is 0.326 e. The lowest BCUT2D eigenvalue weighted by Gasteiger charge is -2.03. The van der Waals surface area contributed by atoms with E-state index in [1.807, 2.05) is 7.05 Å². The number of nitrogens with one attached hydrogen (secondary N) is 2. The first kappa shape index (κ1) is 10.7. The summed E-state index contributed by atoms with van der Waals surface area (Å²) in [4.78, 5) is 15.2. The third kappa shape index (κ3) is 4.00. The normalized spacial score (nSPS) is 9.79. The van der Waals surface area contributed by atoms with Crippen LogP contribution in [-0.2, 0) is 4.79 Å². The Kier molecular flexibility index (Phi) is 4.64. The fourth-order valence-electron chi connectivity index (χ4n) is 1.08. The highest BCUT2D eigenvalue weighted by molar-refractivity contribution is 5.90. The van der Waals surface area contributed by atoms with E-state index in [1.165, 1.54) is 0 Å². The first-order chi connectivity index (χ1) is 6.83. The minimum absolute atomic E-state index is 0.0476. The highest BCUT2D eigenvalue weighted by atomic mass is 16.1. The number of carbonyl (C=O) groups excluding carboxylic acids is 1. The van der Waals surface area contributed by atoms with Gasteiger partial charge in [-0.3, -0.25) is 9.78 Å². The Morgan fingerprint density at radius 3 is 2.79 bits per heavy atom. The van der Waals surface area contributed by atoms with Gasteiger partial charge in [-0.25, -0.2) is 0 Å². The van der Waals surface area contributed by atoms with Crippen LogP contribution in [0.5, 0.6) is 0 Å². The number of rotatable bonds is 5. The van der Waals surface area contributed by atoms with Gasteiger partial charge in [0.25, 0.3) is 0 Å². The molecule has 0 fully saturated rings. The molecule has 0 aliphatic heterocycles. The molecule has 0 bridgehead atoms. The SMILES string of the molecule is CNCCCC(=O)Nc1ccncc1. The van der Waals surface area contributed by atoms with Crippen LogP contribution in [0.3, 0.4) is 0 Å². The Morgan fingerprint density at radius 2 is 2.14 bits per heavy atom. The Bertz CT molecular complexity index is 274. The van der Waals surface area contributed by atoms with Crippen LogP contribution >= 0.6 is 0 Å². The molecule has 0 aromatic carbocycles. The predicted octanol–water partition coefficient (Wildman–Crippen LogP) is 1.02. The highest BCUT2D eigenvalue weighted by Gasteiger charge is 2.00. The second kappa shape index (κ2) is 6.10. The molecule has 76 valence electrons. The van der Waals surface area contributed by atoms with Crippen molar-refractivity contribution in [3.8, 4) is 0 Å². The fraction of sp³-hybridized carbons (Fsp3) is 0.400. The van der Waals surface area contributed by atoms with Crippen molar-refractivity contribution in [2.24, 2.45) is 0 Å². The number of amides is 1. The van der Waals surface area contributed by atoms with Gasteiger partial charge in [0.15, 0.2) is 0 Å². The average molecular weight is 193 g/mol. The van der Waals surface area contributed by atoms with E-state index in [2.05, 4.69) is 15.6 Å². The Hall–Kier alpha value is -1.42. The van der Waals surface area contributed by atoms with Gasteiger partial charge in [0.1, 0.15) is 0 Å². The number of anilines is 1. The Balaban J connectivity index is 2.27. The van der Waals surface area contributed by atoms with Gasteiger partial charge in [-0.05, 0) is 32.1 Å². The molecule has 2 N–H and O–H groups in total. The molecular formula is C10H15N3O. The molecular weight excluding hydrogens is 178 g/mol. The lowest BCUT2D eigenvalue weighted by molar-refractivity contribution is -0.116. The molecule has 0 unspecified atom stereocenters. The number of hydrogen-bond acceptors (Lipinski definition) is 3. The molecule has 0 saturated carbocycles. The van der Waals surface area contributed by atoms with Gasteiger partial charge in [0.05, 0.1) is 0 Å². The minimum atomic E-state index is 0.0476. The van der Waals surface area contributed by atoms with E-state index in [9.17, 15) is 4.79 Å². The van der Waals surface area contributed by atoms with E-state index in [0.29, 0.717) is 6.42 Å². The minimum Gasteiger partial charge on any atom is -0.326 e. The number of carbonyl (C=O) groups is 1. The first-order valence-electron chi connectivity index (χ1n) is 4.67. The topological polar surface area (TPSA) is 54.0 Å². The molecule has 14 heavy (non-hydrogen) atoms. The Morgan fingerprint density at radius 1 is 1.43 bits per heavy atom. The van der Waals surface area contributed by atoms with Gasteiger partial charge < -0.3 is 10.6 Å². The van der Waals surface area contributed by atoms with Gasteiger partial charge in [0.2, 0.25) is 5.91 Å². The molecule has 4 heteroatoms. The van der Waals surface area contributed by atoms with Crippen molar-refractivity contribution in [3.63, 3.8) is 0 Å². The average Bonchev–Trinajstić information content (AvgIpc) is 2.20. The van der Waals surface area contributed by atoms with Crippen molar-refractivity contribution in [1.82, 2.24) is 10.3 Å². The van der Waals surface area contributed by atoms with E-state index in [-0.39, 0.29) is 5.91 Å². The van der Waals surface area contributed by atoms with E-state index in [1.54, 1.807) is 24.5 Å². The molecule has 0 radical (unpaired) electrons. The molecule has 0 spiro atoms. The quantitative estimate of drug-likeness (QED) is 0.686. The van der Waals surface area contributed by atoms with Crippen LogP contribution in [0.15, 0.2) is 24.5 Å². The van der Waals surface area contributed by atoms with Gasteiger partial charge >= 0.3 is 0 Å². The van der Waals surface area contributed by atoms with Gasteiger partial charge in [-0.1, -0.05) is 0 Å². The zero-order chi connectivity index (χ0) is 10.2. The maximum atomic E-state index is 11.3. The summed E-state index contributed by atoms with van der Waals surface area (Å²) in [6.45, 7) is 0.865. The summed E-state index contributed by atoms with van der Waals surface area (Å²) in [7, 11) is 1.88. The lowest BCUT2D eigenvalue weighted by Crippen LogP contribution is -2.15. The Labute approximate surface area is 83.7 Å². The first-order valence-corrected chi connectivity index (χ1v) is 4.67. The molecule has 4 nitrogen and oxygen atoms in total. The van der Waals surface area contributed by atoms with Gasteiger partial charge in [0, 0.05) is 24.5 Å². The zero-order valence-corrected chi connectivity index (χ0v) is 8.29. The van der Waals surface area contributed by atoms with E-state index >= 15 is 0 Å². The van der Waals surface area contributed by atoms with Crippen molar-refractivity contribution in [2.45, 2.75) is 12.8 Å². The molecule has 0 saturated heterocycles. The van der Waals surface area contributed by atoms with Crippen molar-refractivity contribution < 1.29 is 4.79 Å². The summed E-state index contributed by atoms with van der Waals surface area (Å²) < 4.78 is 0. The van der Waals surface area contributed by atoms with Crippen LogP contribution in [0.4, 0.5) is 5.69 Å². The summed E-state index contributed by atoms with van der Waals surface area (Å²) in [6.07, 6.45) is 4.71. The fourth-order valence-corrected chi connectivity index (χ4v) is 1.08. The summed E-state index contributed by atoms with van der Waals surface area (Å²) >= 11 is 0. The van der Waals surface area contributed by atoms with Crippen LogP contribution in [-0.4, -0.2) is 24.5 Å². The summed E-state index contributed by atoms with van der Waals surface area (Å²) in [5, 5.41) is 5.79. The second-order valence-corrected chi connectivity index (χ2v) is 2.99. The summed E-state index contributed by atoms with van der Waals surface area (Å²) in [6, 6.07) is 3.55. The maximum absolute atomic E-state index is 11.3.